The van der Waals surface area contributed by atoms with E-state index in [1.165, 1.54) is 0 Å². The summed E-state index contributed by atoms with van der Waals surface area (Å²) in [5.74, 6) is 0.306. The molecule has 1 fully saturated rings. The minimum absolute atomic E-state index is 0.230. The monoisotopic (exact) mass is 393 g/mol. The highest BCUT2D eigenvalue weighted by Gasteiger charge is 2.27. The maximum atomic E-state index is 12.4. The summed E-state index contributed by atoms with van der Waals surface area (Å²) in [5.41, 5.74) is 2.84. The number of hydrogen-bond acceptors (Lipinski definition) is 3. The molecule has 29 heavy (non-hydrogen) atoms. The van der Waals surface area contributed by atoms with Crippen LogP contribution in [0.1, 0.15) is 44.7 Å². The second-order valence-electron chi connectivity index (χ2n) is 8.53. The Bertz CT molecular complexity index is 767. The largest absolute Gasteiger partial charge is 0.500 e. The molecule has 4 nitrogen and oxygen atoms in total. The molecule has 0 radical (unpaired) electrons. The zero-order valence-corrected chi connectivity index (χ0v) is 17.6. The fraction of sp³-hybridized carbons (Fsp3) is 0.400. The smallest absolute Gasteiger partial charge is 0.410 e. The van der Waals surface area contributed by atoms with E-state index in [0.29, 0.717) is 19.1 Å². The molecule has 0 bridgehead atoms. The highest BCUT2D eigenvalue weighted by atomic mass is 16.6. The van der Waals surface area contributed by atoms with E-state index in [-0.39, 0.29) is 6.09 Å². The number of amides is 1. The molecule has 4 heteroatoms. The lowest BCUT2D eigenvalue weighted by molar-refractivity contribution is 0.0125. The molecule has 1 amide bonds. The van der Waals surface area contributed by atoms with Crippen molar-refractivity contribution in [3.63, 3.8) is 0 Å². The molecule has 2 aromatic carbocycles. The number of benzene rings is 2. The molecule has 1 atom stereocenters. The first-order valence-corrected chi connectivity index (χ1v) is 10.3. The lowest BCUT2D eigenvalue weighted by Gasteiger charge is -2.33. The Kier molecular flexibility index (Phi) is 6.97. The molecule has 1 aliphatic heterocycles. The lowest BCUT2D eigenvalue weighted by Crippen LogP contribution is -2.43. The van der Waals surface area contributed by atoms with Crippen molar-refractivity contribution in [3.05, 3.63) is 78.1 Å². The van der Waals surface area contributed by atoms with Gasteiger partial charge in [0.1, 0.15) is 5.60 Å². The van der Waals surface area contributed by atoms with Crippen LogP contribution in [-0.4, -0.2) is 36.3 Å². The molecule has 0 saturated carbocycles. The van der Waals surface area contributed by atoms with Crippen molar-refractivity contribution in [1.82, 2.24) is 4.90 Å². The molecular weight excluding hydrogens is 362 g/mol. The number of hydrogen-bond donors (Lipinski definition) is 0. The fourth-order valence-corrected chi connectivity index (χ4v) is 3.50. The van der Waals surface area contributed by atoms with Crippen LogP contribution >= 0.6 is 0 Å². The Balaban J connectivity index is 1.64. The van der Waals surface area contributed by atoms with Crippen molar-refractivity contribution < 1.29 is 14.3 Å². The van der Waals surface area contributed by atoms with Gasteiger partial charge in [0.05, 0.1) is 12.9 Å². The highest BCUT2D eigenvalue weighted by molar-refractivity contribution is 5.79. The van der Waals surface area contributed by atoms with E-state index in [4.69, 9.17) is 9.47 Å². The molecule has 1 saturated heterocycles. The van der Waals surface area contributed by atoms with Gasteiger partial charge in [-0.2, -0.15) is 0 Å². The molecule has 1 unspecified atom stereocenters. The summed E-state index contributed by atoms with van der Waals surface area (Å²) < 4.78 is 11.6. The van der Waals surface area contributed by atoms with E-state index >= 15 is 0 Å². The van der Waals surface area contributed by atoms with Gasteiger partial charge in [-0.25, -0.2) is 4.79 Å². The second-order valence-corrected chi connectivity index (χ2v) is 8.53. The van der Waals surface area contributed by atoms with Crippen LogP contribution in [0.15, 0.2) is 66.9 Å². The van der Waals surface area contributed by atoms with Gasteiger partial charge >= 0.3 is 6.09 Å². The topological polar surface area (TPSA) is 38.8 Å². The van der Waals surface area contributed by atoms with Crippen molar-refractivity contribution in [3.8, 4) is 0 Å². The van der Waals surface area contributed by atoms with Crippen LogP contribution in [0, 0.1) is 5.92 Å². The van der Waals surface area contributed by atoms with Gasteiger partial charge < -0.3 is 14.4 Å². The molecule has 1 aliphatic rings. The lowest BCUT2D eigenvalue weighted by atomic mass is 9.98. The summed E-state index contributed by atoms with van der Waals surface area (Å²) in [7, 11) is 0. The quantitative estimate of drug-likeness (QED) is 0.608. The number of rotatable bonds is 5. The van der Waals surface area contributed by atoms with Gasteiger partial charge in [0, 0.05) is 24.6 Å². The van der Waals surface area contributed by atoms with Gasteiger partial charge in [0.25, 0.3) is 0 Å². The Morgan fingerprint density at radius 1 is 1.03 bits per heavy atom. The maximum absolute atomic E-state index is 12.4. The molecule has 3 rings (SSSR count). The van der Waals surface area contributed by atoms with Gasteiger partial charge in [0.2, 0.25) is 0 Å². The zero-order chi connectivity index (χ0) is 20.7. The first kappa shape index (κ1) is 21.0. The van der Waals surface area contributed by atoms with Gasteiger partial charge in [-0.1, -0.05) is 60.7 Å². The predicted octanol–water partition coefficient (Wildman–Crippen LogP) is 5.74. The molecule has 0 aromatic heterocycles. The number of likely N-dealkylation sites (tertiary alicyclic amines) is 1. The summed E-state index contributed by atoms with van der Waals surface area (Å²) in [6.07, 6.45) is 3.66. The van der Waals surface area contributed by atoms with Crippen LogP contribution in [0.4, 0.5) is 4.79 Å². The van der Waals surface area contributed by atoms with Gasteiger partial charge in [-0.3, -0.25) is 0 Å². The van der Waals surface area contributed by atoms with Crippen molar-refractivity contribution in [2.75, 3.05) is 19.7 Å². The first-order valence-electron chi connectivity index (χ1n) is 10.3. The number of ether oxygens (including phenoxy) is 2. The number of carbonyl (C=O) groups excluding carboxylic acids is 1. The molecule has 1 heterocycles. The summed E-state index contributed by atoms with van der Waals surface area (Å²) in [6.45, 7) is 7.70. The van der Waals surface area contributed by atoms with E-state index < -0.39 is 5.60 Å². The Labute approximate surface area is 174 Å². The normalized spacial score (nSPS) is 16.8. The average molecular weight is 394 g/mol. The minimum atomic E-state index is -0.469. The van der Waals surface area contributed by atoms with Gasteiger partial charge in [-0.05, 0) is 44.7 Å². The van der Waals surface area contributed by atoms with E-state index in [9.17, 15) is 4.79 Å². The van der Waals surface area contributed by atoms with Crippen molar-refractivity contribution in [1.29, 1.82) is 0 Å². The standard InChI is InChI=1S/C25H31NO3/c1-25(2,3)29-24(27)26-16-10-11-20(17-26)18-28-19-23(21-12-6-4-7-13-21)22-14-8-5-9-15-22/h4-9,12-15,19-20H,10-11,16-18H2,1-3H3. The van der Waals surface area contributed by atoms with Crippen molar-refractivity contribution in [2.45, 2.75) is 39.2 Å². The van der Waals surface area contributed by atoms with E-state index in [1.807, 2.05) is 68.3 Å². The third-order valence-electron chi connectivity index (χ3n) is 4.87. The predicted molar refractivity (Wildman–Crippen MR) is 116 cm³/mol. The zero-order valence-electron chi connectivity index (χ0n) is 17.6. The van der Waals surface area contributed by atoms with Crippen LogP contribution < -0.4 is 0 Å². The third kappa shape index (κ3) is 6.38. The Morgan fingerprint density at radius 2 is 1.62 bits per heavy atom. The SMILES string of the molecule is CC(C)(C)OC(=O)N1CCCC(COC=C(c2ccccc2)c2ccccc2)C1. The Morgan fingerprint density at radius 3 is 2.17 bits per heavy atom. The van der Waals surface area contributed by atoms with Gasteiger partial charge in [0.15, 0.2) is 0 Å². The van der Waals surface area contributed by atoms with Crippen LogP contribution in [0.2, 0.25) is 0 Å². The summed E-state index contributed by atoms with van der Waals surface area (Å²) >= 11 is 0. The van der Waals surface area contributed by atoms with Crippen LogP contribution in [0.25, 0.3) is 5.57 Å². The average Bonchev–Trinajstić information content (AvgIpc) is 2.71. The van der Waals surface area contributed by atoms with Crippen molar-refractivity contribution in [2.24, 2.45) is 5.92 Å². The van der Waals surface area contributed by atoms with Crippen LogP contribution in [0.3, 0.4) is 0 Å². The third-order valence-corrected chi connectivity index (χ3v) is 4.87. The molecule has 0 N–H and O–H groups in total. The second kappa shape index (κ2) is 9.64. The molecular formula is C25H31NO3. The summed E-state index contributed by atoms with van der Waals surface area (Å²) in [4.78, 5) is 14.2. The summed E-state index contributed by atoms with van der Waals surface area (Å²) in [5, 5.41) is 0. The van der Waals surface area contributed by atoms with Crippen LogP contribution in [0.5, 0.6) is 0 Å². The highest BCUT2D eigenvalue weighted by Crippen LogP contribution is 2.24. The van der Waals surface area contributed by atoms with Gasteiger partial charge in [-0.15, -0.1) is 0 Å². The first-order chi connectivity index (χ1) is 13.9. The molecule has 0 aliphatic carbocycles. The number of carbonyl (C=O) groups is 1. The maximum Gasteiger partial charge on any atom is 0.410 e. The Hall–Kier alpha value is -2.75. The summed E-state index contributed by atoms with van der Waals surface area (Å²) in [6, 6.07) is 20.5. The fourth-order valence-electron chi connectivity index (χ4n) is 3.50. The van der Waals surface area contributed by atoms with E-state index in [2.05, 4.69) is 24.3 Å². The number of piperidine rings is 1. The van der Waals surface area contributed by atoms with Crippen molar-refractivity contribution >= 4 is 11.7 Å². The van der Waals surface area contributed by atoms with E-state index in [1.54, 1.807) is 0 Å². The molecule has 0 spiro atoms. The van der Waals surface area contributed by atoms with E-state index in [0.717, 1.165) is 36.1 Å². The molecule has 154 valence electrons. The molecule has 2 aromatic rings. The number of nitrogens with zero attached hydrogens (tertiary/aromatic N) is 1. The van der Waals surface area contributed by atoms with Crippen LogP contribution in [-0.2, 0) is 9.47 Å². The minimum Gasteiger partial charge on any atom is -0.500 e.